The predicted octanol–water partition coefficient (Wildman–Crippen LogP) is 0.0500. The van der Waals surface area contributed by atoms with Crippen molar-refractivity contribution in [3.8, 4) is 0 Å². The Hall–Kier alpha value is -1.95. The van der Waals surface area contributed by atoms with Crippen molar-refractivity contribution in [1.29, 1.82) is 0 Å². The summed E-state index contributed by atoms with van der Waals surface area (Å²) in [6, 6.07) is 0.687. The molecule has 96 valence electrons. The normalized spacial score (nSPS) is 23.1. The number of carboxylic acid groups (broad SMARTS) is 1. The zero-order chi connectivity index (χ0) is 13.3. The van der Waals surface area contributed by atoms with E-state index in [1.54, 1.807) is 19.2 Å². The Morgan fingerprint density at radius 2 is 2.17 bits per heavy atom. The van der Waals surface area contributed by atoms with Gasteiger partial charge in [0.2, 0.25) is 0 Å². The lowest BCUT2D eigenvalue weighted by atomic mass is 10.1. The highest BCUT2D eigenvalue weighted by molar-refractivity contribution is 5.96. The van der Waals surface area contributed by atoms with Gasteiger partial charge in [-0.1, -0.05) is 0 Å². The number of likely N-dealkylation sites (tertiary alicyclic amines) is 1. The molecular formula is C12H14N2O4. The zero-order valence-electron chi connectivity index (χ0n) is 9.91. The fourth-order valence-corrected chi connectivity index (χ4v) is 2.11. The highest BCUT2D eigenvalue weighted by Crippen LogP contribution is 2.20. The van der Waals surface area contributed by atoms with Crippen molar-refractivity contribution >= 4 is 11.9 Å². The zero-order valence-corrected chi connectivity index (χ0v) is 9.91. The lowest BCUT2D eigenvalue weighted by molar-refractivity contribution is -0.141. The van der Waals surface area contributed by atoms with Gasteiger partial charge in [0.15, 0.2) is 0 Å². The Morgan fingerprint density at radius 3 is 2.78 bits per heavy atom. The first-order valence-electron chi connectivity index (χ1n) is 5.62. The fourth-order valence-electron chi connectivity index (χ4n) is 2.11. The molecule has 0 aromatic carbocycles. The van der Waals surface area contributed by atoms with Crippen LogP contribution in [0.15, 0.2) is 18.5 Å². The lowest BCUT2D eigenvalue weighted by Crippen LogP contribution is -2.40. The average molecular weight is 250 g/mol. The summed E-state index contributed by atoms with van der Waals surface area (Å²) >= 11 is 0. The second-order valence-corrected chi connectivity index (χ2v) is 4.45. The molecule has 1 aromatic rings. The minimum Gasteiger partial charge on any atom is -0.480 e. The Morgan fingerprint density at radius 1 is 1.44 bits per heavy atom. The Kier molecular flexibility index (Phi) is 3.29. The van der Waals surface area contributed by atoms with Crippen molar-refractivity contribution < 1.29 is 19.8 Å². The molecule has 2 rings (SSSR count). The largest absolute Gasteiger partial charge is 0.480 e. The highest BCUT2D eigenvalue weighted by atomic mass is 16.4. The quantitative estimate of drug-likeness (QED) is 0.774. The predicted molar refractivity (Wildman–Crippen MR) is 62.1 cm³/mol. The van der Waals surface area contributed by atoms with Crippen LogP contribution in [0.1, 0.15) is 22.3 Å². The number of aliphatic hydroxyl groups is 1. The molecule has 2 N–H and O–H groups in total. The van der Waals surface area contributed by atoms with Gasteiger partial charge in [-0.05, 0) is 18.6 Å². The molecule has 0 aliphatic carbocycles. The van der Waals surface area contributed by atoms with E-state index in [1.165, 1.54) is 11.1 Å². The number of pyridine rings is 1. The maximum atomic E-state index is 12.2. The van der Waals surface area contributed by atoms with Gasteiger partial charge in [0.25, 0.3) is 5.91 Å². The summed E-state index contributed by atoms with van der Waals surface area (Å²) in [6.45, 7) is 1.85. The number of amides is 1. The number of hydrogen-bond donors (Lipinski definition) is 2. The van der Waals surface area contributed by atoms with Gasteiger partial charge in [-0.25, -0.2) is 4.79 Å². The maximum absolute atomic E-state index is 12.2. The fraction of sp³-hybridized carbons (Fsp3) is 0.417. The Bertz CT molecular complexity index is 489. The average Bonchev–Trinajstić information content (AvgIpc) is 2.70. The van der Waals surface area contributed by atoms with E-state index in [0.717, 1.165) is 5.56 Å². The number of aromatic nitrogens is 1. The molecule has 1 saturated heterocycles. The number of nitrogens with zero attached hydrogens (tertiary/aromatic N) is 2. The number of carbonyl (C=O) groups is 2. The van der Waals surface area contributed by atoms with Crippen LogP contribution in [0.2, 0.25) is 0 Å². The van der Waals surface area contributed by atoms with Crippen molar-refractivity contribution in [2.45, 2.75) is 25.5 Å². The number of carbonyl (C=O) groups excluding carboxylic acids is 1. The van der Waals surface area contributed by atoms with Crippen molar-refractivity contribution in [2.24, 2.45) is 0 Å². The van der Waals surface area contributed by atoms with Crippen LogP contribution in [0.3, 0.4) is 0 Å². The van der Waals surface area contributed by atoms with E-state index in [1.807, 2.05) is 0 Å². The molecule has 1 aliphatic heterocycles. The molecule has 1 aromatic heterocycles. The third kappa shape index (κ3) is 2.33. The molecule has 1 aliphatic rings. The smallest absolute Gasteiger partial charge is 0.326 e. The number of aliphatic carboxylic acids is 1. The van der Waals surface area contributed by atoms with Gasteiger partial charge in [0, 0.05) is 25.4 Å². The summed E-state index contributed by atoms with van der Waals surface area (Å²) in [5.41, 5.74) is 1.17. The third-order valence-corrected chi connectivity index (χ3v) is 2.95. The summed E-state index contributed by atoms with van der Waals surface area (Å²) in [5, 5.41) is 18.5. The van der Waals surface area contributed by atoms with Crippen LogP contribution in [-0.2, 0) is 4.79 Å². The summed E-state index contributed by atoms with van der Waals surface area (Å²) in [6.07, 6.45) is 2.30. The first-order chi connectivity index (χ1) is 8.49. The number of aryl methyl sites for hydroxylation is 1. The molecular weight excluding hydrogens is 236 g/mol. The van der Waals surface area contributed by atoms with Gasteiger partial charge < -0.3 is 15.1 Å². The minimum absolute atomic E-state index is 0.0454. The van der Waals surface area contributed by atoms with Gasteiger partial charge in [0.05, 0.1) is 11.7 Å². The molecule has 1 fully saturated rings. The van der Waals surface area contributed by atoms with Crippen molar-refractivity contribution in [3.63, 3.8) is 0 Å². The molecule has 0 spiro atoms. The number of carboxylic acids is 1. The van der Waals surface area contributed by atoms with E-state index in [9.17, 15) is 14.7 Å². The van der Waals surface area contributed by atoms with Crippen LogP contribution in [-0.4, -0.2) is 50.7 Å². The number of aliphatic hydroxyl groups excluding tert-OH is 1. The molecule has 2 atom stereocenters. The van der Waals surface area contributed by atoms with E-state index < -0.39 is 24.0 Å². The molecule has 2 unspecified atom stereocenters. The molecule has 18 heavy (non-hydrogen) atoms. The Labute approximate surface area is 104 Å². The van der Waals surface area contributed by atoms with Crippen LogP contribution >= 0.6 is 0 Å². The lowest BCUT2D eigenvalue weighted by Gasteiger charge is -2.21. The van der Waals surface area contributed by atoms with E-state index >= 15 is 0 Å². The molecule has 1 amide bonds. The molecule has 2 heterocycles. The van der Waals surface area contributed by atoms with E-state index in [-0.39, 0.29) is 13.0 Å². The molecule has 0 bridgehead atoms. The minimum atomic E-state index is -1.10. The standard InChI is InChI=1S/C12H14N2O4/c1-7-2-8(5-13-4-7)11(16)14-6-9(15)3-10(14)12(17)18/h2,4-5,9-10,15H,3,6H2,1H3,(H,17,18). The first-order valence-corrected chi connectivity index (χ1v) is 5.62. The molecule has 0 saturated carbocycles. The van der Waals surface area contributed by atoms with Gasteiger partial charge in [-0.2, -0.15) is 0 Å². The van der Waals surface area contributed by atoms with E-state index in [2.05, 4.69) is 4.98 Å². The van der Waals surface area contributed by atoms with Gasteiger partial charge >= 0.3 is 5.97 Å². The van der Waals surface area contributed by atoms with E-state index in [4.69, 9.17) is 5.11 Å². The van der Waals surface area contributed by atoms with Crippen molar-refractivity contribution in [2.75, 3.05) is 6.54 Å². The number of β-amino-alcohol motifs (C(OH)–C–C–N with tert-alkyl or cyclic N) is 1. The van der Waals surface area contributed by atoms with Crippen LogP contribution in [0.5, 0.6) is 0 Å². The topological polar surface area (TPSA) is 90.7 Å². The van der Waals surface area contributed by atoms with E-state index in [0.29, 0.717) is 5.56 Å². The monoisotopic (exact) mass is 250 g/mol. The molecule has 6 heteroatoms. The molecule has 6 nitrogen and oxygen atoms in total. The maximum Gasteiger partial charge on any atom is 0.326 e. The SMILES string of the molecule is Cc1cncc(C(=O)N2CC(O)CC2C(=O)O)c1. The Balaban J connectivity index is 2.25. The first kappa shape index (κ1) is 12.5. The van der Waals surface area contributed by atoms with Crippen LogP contribution in [0.25, 0.3) is 0 Å². The van der Waals surface area contributed by atoms with Crippen LogP contribution in [0, 0.1) is 6.92 Å². The number of hydrogen-bond acceptors (Lipinski definition) is 4. The van der Waals surface area contributed by atoms with Gasteiger partial charge in [0.1, 0.15) is 6.04 Å². The number of rotatable bonds is 2. The molecule has 0 radical (unpaired) electrons. The van der Waals surface area contributed by atoms with Gasteiger partial charge in [-0.15, -0.1) is 0 Å². The summed E-state index contributed by atoms with van der Waals surface area (Å²) in [7, 11) is 0. The van der Waals surface area contributed by atoms with Gasteiger partial charge in [-0.3, -0.25) is 9.78 Å². The van der Waals surface area contributed by atoms with Crippen molar-refractivity contribution in [1.82, 2.24) is 9.88 Å². The highest BCUT2D eigenvalue weighted by Gasteiger charge is 2.39. The summed E-state index contributed by atoms with van der Waals surface area (Å²) in [5.74, 6) is -1.50. The summed E-state index contributed by atoms with van der Waals surface area (Å²) < 4.78 is 0. The van der Waals surface area contributed by atoms with Crippen LogP contribution < -0.4 is 0 Å². The summed E-state index contributed by atoms with van der Waals surface area (Å²) in [4.78, 5) is 28.3. The van der Waals surface area contributed by atoms with Crippen LogP contribution in [0.4, 0.5) is 0 Å². The second-order valence-electron chi connectivity index (χ2n) is 4.45. The van der Waals surface area contributed by atoms with Crippen molar-refractivity contribution in [3.05, 3.63) is 29.6 Å². The second kappa shape index (κ2) is 4.73. The third-order valence-electron chi connectivity index (χ3n) is 2.95.